The second-order valence-corrected chi connectivity index (χ2v) is 12.1. The summed E-state index contributed by atoms with van der Waals surface area (Å²) in [6, 6.07) is 27.6. The average molecular weight is 630 g/mol. The molecule has 0 N–H and O–H groups in total. The van der Waals surface area contributed by atoms with Crippen molar-refractivity contribution in [3.8, 4) is 22.6 Å². The van der Waals surface area contributed by atoms with Gasteiger partial charge in [0.05, 0.1) is 28.5 Å². The van der Waals surface area contributed by atoms with Crippen molar-refractivity contribution < 1.29 is 14.3 Å². The molecule has 0 radical (unpaired) electrons. The molecule has 6 rings (SSSR count). The third kappa shape index (κ3) is 5.79. The number of aryl methyl sites for hydroxylation is 1. The summed E-state index contributed by atoms with van der Waals surface area (Å²) in [4.78, 5) is 32.6. The minimum absolute atomic E-state index is 0.214. The summed E-state index contributed by atoms with van der Waals surface area (Å²) in [5, 5.41) is 0. The van der Waals surface area contributed by atoms with E-state index in [2.05, 4.69) is 67.5 Å². The number of carbonyl (C=O) groups is 1. The summed E-state index contributed by atoms with van der Waals surface area (Å²) in [6.45, 7) is 12.0. The number of carbonyl (C=O) groups excluding carboxylic acids is 1. The number of rotatable bonds is 9. The van der Waals surface area contributed by atoms with Crippen molar-refractivity contribution in [2.45, 2.75) is 33.7 Å². The molecule has 1 atom stereocenters. The first kappa shape index (κ1) is 30.8. The molecule has 0 saturated carbocycles. The number of ether oxygens (including phenoxy) is 2. The summed E-state index contributed by atoms with van der Waals surface area (Å²) >= 11 is 1.32. The highest BCUT2D eigenvalue weighted by atomic mass is 32.1. The fourth-order valence-corrected chi connectivity index (χ4v) is 6.95. The van der Waals surface area contributed by atoms with Crippen molar-refractivity contribution in [2.24, 2.45) is 4.99 Å². The third-order valence-electron chi connectivity index (χ3n) is 8.07. The average Bonchev–Trinajstić information content (AvgIpc) is 3.53. The maximum Gasteiger partial charge on any atom is 0.338 e. The Morgan fingerprint density at radius 3 is 2.35 bits per heavy atom. The number of allylic oxidation sites excluding steroid dienone is 1. The van der Waals surface area contributed by atoms with Crippen LogP contribution in [0.2, 0.25) is 0 Å². The smallest absolute Gasteiger partial charge is 0.338 e. The van der Waals surface area contributed by atoms with E-state index in [1.54, 1.807) is 24.5 Å². The van der Waals surface area contributed by atoms with Gasteiger partial charge in [-0.15, -0.1) is 0 Å². The number of hydrogen-bond acceptors (Lipinski definition) is 6. The van der Waals surface area contributed by atoms with Crippen LogP contribution < -0.4 is 19.6 Å². The molecule has 0 aliphatic carbocycles. The van der Waals surface area contributed by atoms with Crippen LogP contribution in [0.15, 0.2) is 119 Å². The van der Waals surface area contributed by atoms with Gasteiger partial charge in [-0.1, -0.05) is 78.6 Å². The van der Waals surface area contributed by atoms with E-state index in [4.69, 9.17) is 14.5 Å². The van der Waals surface area contributed by atoms with Gasteiger partial charge in [-0.05, 0) is 86.4 Å². The topological polar surface area (TPSA) is 74.8 Å². The zero-order valence-electron chi connectivity index (χ0n) is 26.3. The molecular formula is C38H35N3O4S. The van der Waals surface area contributed by atoms with Crippen LogP contribution in [-0.2, 0) is 9.53 Å². The van der Waals surface area contributed by atoms with Crippen LogP contribution in [0.1, 0.15) is 42.4 Å². The number of hydrogen-bond donors (Lipinski definition) is 0. The first-order chi connectivity index (χ1) is 22.3. The van der Waals surface area contributed by atoms with E-state index < -0.39 is 12.0 Å². The Bertz CT molecular complexity index is 2130. The number of fused-ring (bicyclic) bond motifs is 1. The lowest BCUT2D eigenvalue weighted by Crippen LogP contribution is -2.39. The summed E-state index contributed by atoms with van der Waals surface area (Å²) in [5.74, 6) is 0.177. The second kappa shape index (κ2) is 13.0. The molecule has 0 spiro atoms. The van der Waals surface area contributed by atoms with E-state index in [9.17, 15) is 9.59 Å². The fraction of sp³-hybridized carbons (Fsp3) is 0.184. The van der Waals surface area contributed by atoms with Crippen molar-refractivity contribution in [3.63, 3.8) is 0 Å². The predicted molar refractivity (Wildman–Crippen MR) is 183 cm³/mol. The van der Waals surface area contributed by atoms with Gasteiger partial charge in [-0.3, -0.25) is 9.36 Å². The van der Waals surface area contributed by atoms with Gasteiger partial charge in [-0.2, -0.15) is 0 Å². The van der Waals surface area contributed by atoms with Gasteiger partial charge >= 0.3 is 5.97 Å². The number of nitrogens with zero attached hydrogens (tertiary/aromatic N) is 3. The third-order valence-corrected chi connectivity index (χ3v) is 9.05. The Kier molecular flexibility index (Phi) is 8.72. The van der Waals surface area contributed by atoms with Gasteiger partial charge in [0.15, 0.2) is 4.80 Å². The molecule has 0 bridgehead atoms. The lowest BCUT2D eigenvalue weighted by molar-refractivity contribution is -0.139. The highest BCUT2D eigenvalue weighted by Gasteiger charge is 2.33. The van der Waals surface area contributed by atoms with E-state index in [-0.39, 0.29) is 12.2 Å². The summed E-state index contributed by atoms with van der Waals surface area (Å²) < 4.78 is 15.4. The quantitative estimate of drug-likeness (QED) is 0.139. The van der Waals surface area contributed by atoms with Crippen LogP contribution in [-0.4, -0.2) is 28.3 Å². The molecule has 232 valence electrons. The fourth-order valence-electron chi connectivity index (χ4n) is 5.91. The highest BCUT2D eigenvalue weighted by Crippen LogP contribution is 2.32. The number of esters is 1. The molecule has 5 aromatic rings. The van der Waals surface area contributed by atoms with Crippen LogP contribution in [0.25, 0.3) is 22.9 Å². The van der Waals surface area contributed by atoms with Gasteiger partial charge in [0.25, 0.3) is 5.56 Å². The first-order valence-corrected chi connectivity index (χ1v) is 16.0. The van der Waals surface area contributed by atoms with Crippen LogP contribution in [0.3, 0.4) is 0 Å². The van der Waals surface area contributed by atoms with Gasteiger partial charge in [0.2, 0.25) is 0 Å². The monoisotopic (exact) mass is 629 g/mol. The Hall–Kier alpha value is -5.21. The minimum Gasteiger partial charge on any atom is -0.490 e. The van der Waals surface area contributed by atoms with E-state index in [1.165, 1.54) is 16.9 Å². The molecule has 1 aliphatic rings. The molecule has 8 heteroatoms. The van der Waals surface area contributed by atoms with Gasteiger partial charge in [0.1, 0.15) is 12.4 Å². The highest BCUT2D eigenvalue weighted by molar-refractivity contribution is 7.07. The van der Waals surface area contributed by atoms with Crippen molar-refractivity contribution in [2.75, 3.05) is 13.2 Å². The number of benzene rings is 3. The molecular weight excluding hydrogens is 595 g/mol. The van der Waals surface area contributed by atoms with Crippen LogP contribution in [0.4, 0.5) is 0 Å². The normalized spacial score (nSPS) is 14.5. The minimum atomic E-state index is -0.693. The molecule has 0 amide bonds. The molecule has 0 fully saturated rings. The maximum atomic E-state index is 14.2. The van der Waals surface area contributed by atoms with Crippen LogP contribution >= 0.6 is 11.3 Å². The summed E-state index contributed by atoms with van der Waals surface area (Å²) in [7, 11) is 0. The van der Waals surface area contributed by atoms with E-state index in [0.29, 0.717) is 33.0 Å². The predicted octanol–water partition coefficient (Wildman–Crippen LogP) is 6.44. The lowest BCUT2D eigenvalue weighted by Gasteiger charge is -2.24. The van der Waals surface area contributed by atoms with Crippen LogP contribution in [0.5, 0.6) is 5.75 Å². The van der Waals surface area contributed by atoms with E-state index in [1.807, 2.05) is 48.5 Å². The largest absolute Gasteiger partial charge is 0.490 e. The molecule has 3 heterocycles. The molecule has 2 aromatic heterocycles. The Morgan fingerprint density at radius 2 is 1.67 bits per heavy atom. The van der Waals surface area contributed by atoms with Crippen molar-refractivity contribution in [1.82, 2.24) is 9.13 Å². The summed E-state index contributed by atoms with van der Waals surface area (Å²) in [6.07, 6.45) is 3.60. The SMILES string of the molecule is C=CCOc1ccc([C@@H]2C(C(=O)OCC)=C(C)N=c3s/c(=C\c4cc(C)n(-c5ccc(-c6ccccc6)cc5)c4C)c(=O)n32)cc1. The van der Waals surface area contributed by atoms with Crippen LogP contribution in [0, 0.1) is 13.8 Å². The summed E-state index contributed by atoms with van der Waals surface area (Å²) in [5.41, 5.74) is 7.80. The van der Waals surface area contributed by atoms with E-state index >= 15 is 0 Å². The van der Waals surface area contributed by atoms with Crippen molar-refractivity contribution >= 4 is 23.4 Å². The Morgan fingerprint density at radius 1 is 0.978 bits per heavy atom. The van der Waals surface area contributed by atoms with Crippen molar-refractivity contribution in [1.29, 1.82) is 0 Å². The number of aromatic nitrogens is 2. The molecule has 7 nitrogen and oxygen atoms in total. The van der Waals surface area contributed by atoms with Gasteiger partial charge < -0.3 is 14.0 Å². The lowest BCUT2D eigenvalue weighted by atomic mass is 9.96. The molecule has 3 aromatic carbocycles. The van der Waals surface area contributed by atoms with Gasteiger partial charge in [0, 0.05) is 17.1 Å². The zero-order valence-corrected chi connectivity index (χ0v) is 27.1. The zero-order chi connectivity index (χ0) is 32.4. The second-order valence-electron chi connectivity index (χ2n) is 11.0. The Balaban J connectivity index is 1.42. The number of thiazole rings is 1. The first-order valence-electron chi connectivity index (χ1n) is 15.2. The van der Waals surface area contributed by atoms with E-state index in [0.717, 1.165) is 33.8 Å². The van der Waals surface area contributed by atoms with Gasteiger partial charge in [-0.25, -0.2) is 9.79 Å². The maximum absolute atomic E-state index is 14.2. The standard InChI is InChI=1S/C38H35N3O4S/c1-6-21-45-32-19-15-29(16-20-32)35-34(37(43)44-7-2)25(4)39-38-41(35)36(42)33(46-38)23-30-22-24(3)40(26(30)5)31-17-13-28(14-18-31)27-11-9-8-10-12-27/h6,8-20,22-23,35H,1,7,21H2,2-5H3/b33-23-/t35-/m1/s1. The molecule has 0 unspecified atom stereocenters. The Labute approximate surface area is 271 Å². The van der Waals surface area contributed by atoms with Crippen molar-refractivity contribution in [3.05, 3.63) is 151 Å². The molecule has 1 aliphatic heterocycles. The molecule has 0 saturated heterocycles. The molecule has 46 heavy (non-hydrogen) atoms.